The molecule has 0 saturated carbocycles. The predicted molar refractivity (Wildman–Crippen MR) is 168 cm³/mol. The average Bonchev–Trinajstić information content (AvgIpc) is 3.23. The van der Waals surface area contributed by atoms with Crippen LogP contribution in [0.15, 0.2) is 65.8 Å². The van der Waals surface area contributed by atoms with E-state index in [2.05, 4.69) is 33.0 Å². The van der Waals surface area contributed by atoms with Crippen LogP contribution in [0.5, 0.6) is 5.75 Å². The normalized spacial score (nSPS) is 23.8. The summed E-state index contributed by atoms with van der Waals surface area (Å²) in [6.45, 7) is -0.642. The number of anilines is 1. The van der Waals surface area contributed by atoms with E-state index in [0.717, 1.165) is 14.7 Å². The number of halogens is 3. The molecule has 6 rings (SSSR count). The number of fused-ring (bicyclic) bond motifs is 3. The highest BCUT2D eigenvalue weighted by Crippen LogP contribution is 2.61. The first-order chi connectivity index (χ1) is 20.1. The molecule has 0 aliphatic carbocycles. The molecule has 0 aromatic heterocycles. The first kappa shape index (κ1) is 29.2. The Morgan fingerprint density at radius 3 is 2.69 bits per heavy atom. The molecule has 0 radical (unpaired) electrons. The van der Waals surface area contributed by atoms with Crippen molar-refractivity contribution in [2.24, 2.45) is 5.10 Å². The van der Waals surface area contributed by atoms with Crippen LogP contribution in [-0.4, -0.2) is 70.7 Å². The van der Waals surface area contributed by atoms with Crippen molar-refractivity contribution < 1.29 is 24.5 Å². The van der Waals surface area contributed by atoms with Crippen molar-refractivity contribution in [1.82, 2.24) is 9.91 Å². The van der Waals surface area contributed by atoms with Gasteiger partial charge in [-0.2, -0.15) is 5.10 Å². The van der Waals surface area contributed by atoms with Crippen LogP contribution in [0.2, 0.25) is 10.0 Å². The molecule has 4 atom stereocenters. The SMILES string of the molecule is CN1N=C2C[C@@H](c3cccc(Cl)c3)[C@]3(C(=O)Nc4cc(Cl)ccc43)[C@@H](c3cc(I)ccc3OCC(O)CO)N2CC1=O. The van der Waals surface area contributed by atoms with Crippen molar-refractivity contribution >= 4 is 69.1 Å². The largest absolute Gasteiger partial charge is 0.490 e. The summed E-state index contributed by atoms with van der Waals surface area (Å²) in [7, 11) is 1.62. The zero-order valence-electron chi connectivity index (χ0n) is 22.4. The standard InChI is InChI=1S/C30H27Cl2IN4O5/c1-36-27(40)13-37-26(35-36)12-23(16-3-2-4-17(31)9-16)30(22-7-5-18(32)10-24(22)34-29(30)41)28(37)21-11-19(33)6-8-25(21)42-15-20(39)14-38/h2-11,20,23,28,38-39H,12-15H2,1H3,(H,34,41)/t20?,23-,28+,30-/m0/s1. The fraction of sp³-hybridized carbons (Fsp3) is 0.300. The van der Waals surface area contributed by atoms with E-state index in [1.807, 2.05) is 41.3 Å². The molecule has 218 valence electrons. The monoisotopic (exact) mass is 720 g/mol. The van der Waals surface area contributed by atoms with Gasteiger partial charge in [0.2, 0.25) is 5.91 Å². The molecule has 1 saturated heterocycles. The number of likely N-dealkylation sites (N-methyl/N-ethyl adjacent to an activating group) is 1. The number of hydrogen-bond donors (Lipinski definition) is 3. The van der Waals surface area contributed by atoms with Gasteiger partial charge in [-0.05, 0) is 76.2 Å². The lowest BCUT2D eigenvalue weighted by Gasteiger charge is -2.54. The minimum Gasteiger partial charge on any atom is -0.490 e. The van der Waals surface area contributed by atoms with Crippen LogP contribution in [0.4, 0.5) is 5.69 Å². The van der Waals surface area contributed by atoms with Crippen LogP contribution in [0.25, 0.3) is 0 Å². The number of carbonyl (C=O) groups excluding carboxylic acids is 2. The number of benzene rings is 3. The molecule has 3 aromatic rings. The number of nitrogens with one attached hydrogen (secondary N) is 1. The summed E-state index contributed by atoms with van der Waals surface area (Å²) in [6, 6.07) is 17.6. The number of aliphatic hydroxyl groups is 2. The lowest BCUT2D eigenvalue weighted by Crippen LogP contribution is -2.61. The van der Waals surface area contributed by atoms with Gasteiger partial charge in [0, 0.05) is 44.3 Å². The number of hydrazone groups is 1. The molecular weight excluding hydrogens is 694 g/mol. The second-order valence-corrected chi connectivity index (χ2v) is 12.7. The summed E-state index contributed by atoms with van der Waals surface area (Å²) in [5, 5.41) is 29.6. The Balaban J connectivity index is 1.67. The van der Waals surface area contributed by atoms with E-state index >= 15 is 0 Å². The summed E-state index contributed by atoms with van der Waals surface area (Å²) in [5.41, 5.74) is 1.54. The molecule has 9 nitrogen and oxygen atoms in total. The predicted octanol–water partition coefficient (Wildman–Crippen LogP) is 4.54. The second kappa shape index (κ2) is 11.3. The van der Waals surface area contributed by atoms with Crippen molar-refractivity contribution in [2.75, 3.05) is 32.1 Å². The minimum atomic E-state index is -1.27. The van der Waals surface area contributed by atoms with Gasteiger partial charge in [-0.3, -0.25) is 9.59 Å². The number of aliphatic hydroxyl groups excluding tert-OH is 2. The third-order valence-electron chi connectivity index (χ3n) is 8.15. The Bertz CT molecular complexity index is 1620. The number of ether oxygens (including phenoxy) is 1. The smallest absolute Gasteiger partial charge is 0.262 e. The van der Waals surface area contributed by atoms with E-state index in [4.69, 9.17) is 27.9 Å². The molecule has 42 heavy (non-hydrogen) atoms. The topological polar surface area (TPSA) is 115 Å². The lowest BCUT2D eigenvalue weighted by atomic mass is 9.58. The zero-order chi connectivity index (χ0) is 29.8. The van der Waals surface area contributed by atoms with Gasteiger partial charge in [0.25, 0.3) is 5.91 Å². The maximum Gasteiger partial charge on any atom is 0.262 e. The maximum absolute atomic E-state index is 14.6. The van der Waals surface area contributed by atoms with Crippen molar-refractivity contribution in [3.8, 4) is 5.75 Å². The molecule has 1 unspecified atom stereocenters. The van der Waals surface area contributed by atoms with E-state index in [1.54, 1.807) is 31.3 Å². The van der Waals surface area contributed by atoms with E-state index < -0.39 is 30.1 Å². The first-order valence-electron chi connectivity index (χ1n) is 13.3. The Morgan fingerprint density at radius 1 is 1.14 bits per heavy atom. The molecular formula is C30H27Cl2IN4O5. The van der Waals surface area contributed by atoms with Gasteiger partial charge in [0.1, 0.15) is 36.3 Å². The molecule has 12 heteroatoms. The highest BCUT2D eigenvalue weighted by molar-refractivity contribution is 14.1. The summed E-state index contributed by atoms with van der Waals surface area (Å²) in [5.74, 6) is 0.140. The van der Waals surface area contributed by atoms with E-state index in [9.17, 15) is 19.8 Å². The number of piperidine rings is 1. The van der Waals surface area contributed by atoms with Crippen LogP contribution >= 0.6 is 45.8 Å². The summed E-state index contributed by atoms with van der Waals surface area (Å²) in [6.07, 6.45) is -0.746. The van der Waals surface area contributed by atoms with Crippen LogP contribution in [0.1, 0.15) is 35.1 Å². The highest BCUT2D eigenvalue weighted by atomic mass is 127. The van der Waals surface area contributed by atoms with E-state index in [0.29, 0.717) is 39.3 Å². The number of hydrogen-bond acceptors (Lipinski definition) is 7. The van der Waals surface area contributed by atoms with Crippen LogP contribution in [0, 0.1) is 3.57 Å². The van der Waals surface area contributed by atoms with Crippen LogP contribution < -0.4 is 10.1 Å². The molecule has 3 aliphatic rings. The first-order valence-corrected chi connectivity index (χ1v) is 15.2. The summed E-state index contributed by atoms with van der Waals surface area (Å²) in [4.78, 5) is 29.7. The van der Waals surface area contributed by atoms with E-state index in [-0.39, 0.29) is 25.0 Å². The zero-order valence-corrected chi connectivity index (χ0v) is 26.1. The number of rotatable bonds is 6. The molecule has 2 amide bonds. The van der Waals surface area contributed by atoms with Crippen molar-refractivity contribution in [2.45, 2.75) is 29.9 Å². The van der Waals surface area contributed by atoms with Gasteiger partial charge in [0.05, 0.1) is 12.6 Å². The number of amides is 2. The molecule has 1 spiro atoms. The van der Waals surface area contributed by atoms with E-state index in [1.165, 1.54) is 5.01 Å². The third-order valence-corrected chi connectivity index (χ3v) is 9.29. The molecule has 3 aromatic carbocycles. The second-order valence-electron chi connectivity index (χ2n) is 10.6. The van der Waals surface area contributed by atoms with Gasteiger partial charge in [-0.15, -0.1) is 0 Å². The minimum absolute atomic E-state index is 0.00953. The van der Waals surface area contributed by atoms with Gasteiger partial charge in [-0.25, -0.2) is 5.01 Å². The van der Waals surface area contributed by atoms with Crippen molar-refractivity contribution in [3.05, 3.63) is 91.0 Å². The van der Waals surface area contributed by atoms with Crippen LogP contribution in [0.3, 0.4) is 0 Å². The summed E-state index contributed by atoms with van der Waals surface area (Å²) < 4.78 is 6.96. The Morgan fingerprint density at radius 2 is 1.93 bits per heavy atom. The molecule has 3 aliphatic heterocycles. The Labute approximate surface area is 266 Å². The fourth-order valence-corrected chi connectivity index (χ4v) is 7.26. The summed E-state index contributed by atoms with van der Waals surface area (Å²) >= 11 is 15.1. The highest BCUT2D eigenvalue weighted by Gasteiger charge is 2.64. The Kier molecular flexibility index (Phi) is 7.86. The van der Waals surface area contributed by atoms with Crippen molar-refractivity contribution in [3.63, 3.8) is 0 Å². The fourth-order valence-electron chi connectivity index (χ4n) is 6.37. The number of amidine groups is 1. The van der Waals surface area contributed by atoms with Crippen molar-refractivity contribution in [1.29, 1.82) is 0 Å². The van der Waals surface area contributed by atoms with Crippen LogP contribution in [-0.2, 0) is 15.0 Å². The average molecular weight is 721 g/mol. The molecule has 3 heterocycles. The van der Waals surface area contributed by atoms with Gasteiger partial charge >= 0.3 is 0 Å². The molecule has 3 N–H and O–H groups in total. The molecule has 1 fully saturated rings. The van der Waals surface area contributed by atoms with Gasteiger partial charge in [-0.1, -0.05) is 41.4 Å². The number of carbonyl (C=O) groups is 2. The number of nitrogens with zero attached hydrogens (tertiary/aromatic N) is 3. The Hall–Kier alpha value is -2.90. The molecule has 0 bridgehead atoms. The van der Waals surface area contributed by atoms with Gasteiger partial charge in [0.15, 0.2) is 0 Å². The lowest BCUT2D eigenvalue weighted by molar-refractivity contribution is -0.135. The quantitative estimate of drug-likeness (QED) is 0.323. The maximum atomic E-state index is 14.6. The third kappa shape index (κ3) is 4.83. The van der Waals surface area contributed by atoms with Gasteiger partial charge < -0.3 is 25.2 Å².